The Hall–Kier alpha value is -2.22. The maximum Gasteiger partial charge on any atom is 0.223 e. The van der Waals surface area contributed by atoms with E-state index in [9.17, 15) is 10.1 Å². The van der Waals surface area contributed by atoms with Crippen molar-refractivity contribution in [1.82, 2.24) is 4.90 Å². The highest BCUT2D eigenvalue weighted by Gasteiger charge is 2.43. The Morgan fingerprint density at radius 2 is 1.96 bits per heavy atom. The van der Waals surface area contributed by atoms with Gasteiger partial charge in [-0.15, -0.1) is 0 Å². The van der Waals surface area contributed by atoms with Crippen LogP contribution in [0.25, 0.3) is 0 Å². The Balaban J connectivity index is 1.77. The number of carbonyl (C=O) groups excluding carboxylic acids is 1. The largest absolute Gasteiger partial charge is 0.490 e. The maximum absolute atomic E-state index is 12.2. The molecule has 0 spiro atoms. The van der Waals surface area contributed by atoms with Gasteiger partial charge in [-0.3, -0.25) is 4.79 Å². The lowest BCUT2D eigenvalue weighted by atomic mass is 9.76. The van der Waals surface area contributed by atoms with E-state index in [4.69, 9.17) is 9.47 Å². The van der Waals surface area contributed by atoms with E-state index in [1.54, 1.807) is 11.9 Å². The number of hydrogen-bond acceptors (Lipinski definition) is 4. The van der Waals surface area contributed by atoms with Crippen LogP contribution in [0.5, 0.6) is 11.5 Å². The molecule has 0 N–H and O–H groups in total. The first-order valence-corrected chi connectivity index (χ1v) is 8.15. The number of para-hydroxylation sites is 2. The van der Waals surface area contributed by atoms with Crippen LogP contribution < -0.4 is 9.47 Å². The zero-order chi connectivity index (χ0) is 16.7. The van der Waals surface area contributed by atoms with Crippen LogP contribution in [0.15, 0.2) is 24.3 Å². The number of ether oxygens (including phenoxy) is 2. The second kappa shape index (κ2) is 7.87. The molecule has 1 aromatic carbocycles. The SMILES string of the molecule is CCOc1ccccc1OCCCC(=O)N(C)C1(C#N)CCC1. The molecule has 1 fully saturated rings. The monoisotopic (exact) mass is 316 g/mol. The molecule has 1 saturated carbocycles. The van der Waals surface area contributed by atoms with Gasteiger partial charge in [0.2, 0.25) is 5.91 Å². The number of nitriles is 1. The fourth-order valence-corrected chi connectivity index (χ4v) is 2.69. The van der Waals surface area contributed by atoms with Crippen molar-refractivity contribution in [3.05, 3.63) is 24.3 Å². The molecule has 0 aliphatic heterocycles. The molecule has 124 valence electrons. The van der Waals surface area contributed by atoms with Gasteiger partial charge in [-0.2, -0.15) is 5.26 Å². The highest BCUT2D eigenvalue weighted by Crippen LogP contribution is 2.36. The molecule has 0 bridgehead atoms. The van der Waals surface area contributed by atoms with Gasteiger partial charge in [0.1, 0.15) is 5.54 Å². The zero-order valence-corrected chi connectivity index (χ0v) is 13.9. The molecular weight excluding hydrogens is 292 g/mol. The van der Waals surface area contributed by atoms with Crippen LogP contribution in [0.2, 0.25) is 0 Å². The minimum atomic E-state index is -0.570. The molecule has 23 heavy (non-hydrogen) atoms. The standard InChI is InChI=1S/C18H24N2O3/c1-3-22-15-8-4-5-9-16(15)23-13-6-10-17(21)20(2)18(14-19)11-7-12-18/h4-5,8-9H,3,6-7,10-13H2,1-2H3. The van der Waals surface area contributed by atoms with Crippen LogP contribution >= 0.6 is 0 Å². The van der Waals surface area contributed by atoms with Gasteiger partial charge in [0, 0.05) is 13.5 Å². The Labute approximate surface area is 137 Å². The van der Waals surface area contributed by atoms with Crippen LogP contribution in [0.1, 0.15) is 39.0 Å². The molecule has 1 aliphatic carbocycles. The smallest absolute Gasteiger partial charge is 0.223 e. The summed E-state index contributed by atoms with van der Waals surface area (Å²) in [7, 11) is 1.73. The van der Waals surface area contributed by atoms with Crippen molar-refractivity contribution < 1.29 is 14.3 Å². The molecule has 0 saturated heterocycles. The fourth-order valence-electron chi connectivity index (χ4n) is 2.69. The van der Waals surface area contributed by atoms with Gasteiger partial charge in [-0.25, -0.2) is 0 Å². The molecule has 0 radical (unpaired) electrons. The molecule has 2 rings (SSSR count). The summed E-state index contributed by atoms with van der Waals surface area (Å²) in [5.74, 6) is 1.42. The first kappa shape index (κ1) is 17.1. The van der Waals surface area contributed by atoms with E-state index < -0.39 is 5.54 Å². The molecular formula is C18H24N2O3. The molecule has 0 atom stereocenters. The predicted octanol–water partition coefficient (Wildman–Crippen LogP) is 3.15. The number of rotatable bonds is 8. The fraction of sp³-hybridized carbons (Fsp3) is 0.556. The van der Waals surface area contributed by atoms with Gasteiger partial charge >= 0.3 is 0 Å². The lowest BCUT2D eigenvalue weighted by Gasteiger charge is -2.43. The second-order valence-corrected chi connectivity index (χ2v) is 5.78. The number of benzene rings is 1. The predicted molar refractivity (Wildman–Crippen MR) is 87.3 cm³/mol. The molecule has 1 amide bonds. The van der Waals surface area contributed by atoms with E-state index in [0.717, 1.165) is 25.0 Å². The number of amides is 1. The van der Waals surface area contributed by atoms with E-state index >= 15 is 0 Å². The highest BCUT2D eigenvalue weighted by atomic mass is 16.5. The summed E-state index contributed by atoms with van der Waals surface area (Å²) in [5.41, 5.74) is -0.570. The third kappa shape index (κ3) is 3.95. The van der Waals surface area contributed by atoms with E-state index in [2.05, 4.69) is 6.07 Å². The van der Waals surface area contributed by atoms with Crippen molar-refractivity contribution in [2.75, 3.05) is 20.3 Å². The van der Waals surface area contributed by atoms with E-state index in [0.29, 0.717) is 31.8 Å². The first-order chi connectivity index (χ1) is 11.1. The average molecular weight is 316 g/mol. The average Bonchev–Trinajstić information content (AvgIpc) is 2.52. The third-order valence-electron chi connectivity index (χ3n) is 4.35. The summed E-state index contributed by atoms with van der Waals surface area (Å²) in [6.07, 6.45) is 3.58. The van der Waals surface area contributed by atoms with Crippen LogP contribution in [-0.2, 0) is 4.79 Å². The maximum atomic E-state index is 12.2. The summed E-state index contributed by atoms with van der Waals surface area (Å²) >= 11 is 0. The summed E-state index contributed by atoms with van der Waals surface area (Å²) in [6.45, 7) is 2.96. The van der Waals surface area contributed by atoms with Crippen molar-refractivity contribution in [2.24, 2.45) is 0 Å². The van der Waals surface area contributed by atoms with Crippen molar-refractivity contribution >= 4 is 5.91 Å². The van der Waals surface area contributed by atoms with Crippen LogP contribution in [0.3, 0.4) is 0 Å². The van der Waals surface area contributed by atoms with Crippen LogP contribution in [-0.4, -0.2) is 36.6 Å². The second-order valence-electron chi connectivity index (χ2n) is 5.78. The van der Waals surface area contributed by atoms with Crippen molar-refractivity contribution in [3.63, 3.8) is 0 Å². The van der Waals surface area contributed by atoms with Crippen molar-refractivity contribution in [2.45, 2.75) is 44.6 Å². The topological polar surface area (TPSA) is 62.6 Å². The Morgan fingerprint density at radius 3 is 2.48 bits per heavy atom. The van der Waals surface area contributed by atoms with Gasteiger partial charge in [0.05, 0.1) is 19.3 Å². The van der Waals surface area contributed by atoms with Gasteiger partial charge < -0.3 is 14.4 Å². The van der Waals surface area contributed by atoms with Crippen molar-refractivity contribution in [3.8, 4) is 17.6 Å². The van der Waals surface area contributed by atoms with Crippen LogP contribution in [0.4, 0.5) is 0 Å². The number of carbonyl (C=O) groups is 1. The molecule has 0 aromatic heterocycles. The lowest BCUT2D eigenvalue weighted by molar-refractivity contribution is -0.136. The van der Waals surface area contributed by atoms with E-state index in [-0.39, 0.29) is 5.91 Å². The van der Waals surface area contributed by atoms with Gasteiger partial charge in [0.25, 0.3) is 0 Å². The van der Waals surface area contributed by atoms with Gasteiger partial charge in [0.15, 0.2) is 11.5 Å². The number of hydrogen-bond donors (Lipinski definition) is 0. The Bertz CT molecular complexity index is 576. The third-order valence-corrected chi connectivity index (χ3v) is 4.35. The molecule has 5 nitrogen and oxygen atoms in total. The molecule has 0 heterocycles. The molecule has 0 unspecified atom stereocenters. The summed E-state index contributed by atoms with van der Waals surface area (Å²) < 4.78 is 11.2. The van der Waals surface area contributed by atoms with E-state index in [1.807, 2.05) is 31.2 Å². The van der Waals surface area contributed by atoms with Gasteiger partial charge in [-0.1, -0.05) is 12.1 Å². The minimum absolute atomic E-state index is 0.00735. The van der Waals surface area contributed by atoms with E-state index in [1.165, 1.54) is 0 Å². The Morgan fingerprint density at radius 1 is 1.30 bits per heavy atom. The normalized spacial score (nSPS) is 15.2. The molecule has 5 heteroatoms. The Kier molecular flexibility index (Phi) is 5.86. The molecule has 1 aromatic rings. The zero-order valence-electron chi connectivity index (χ0n) is 13.9. The van der Waals surface area contributed by atoms with Gasteiger partial charge in [-0.05, 0) is 44.7 Å². The summed E-state index contributed by atoms with van der Waals surface area (Å²) in [5, 5.41) is 9.27. The summed E-state index contributed by atoms with van der Waals surface area (Å²) in [6, 6.07) is 9.81. The highest BCUT2D eigenvalue weighted by molar-refractivity contribution is 5.77. The quantitative estimate of drug-likeness (QED) is 0.691. The van der Waals surface area contributed by atoms with Crippen molar-refractivity contribution in [1.29, 1.82) is 5.26 Å². The number of nitrogens with zero attached hydrogens (tertiary/aromatic N) is 2. The molecule has 1 aliphatic rings. The minimum Gasteiger partial charge on any atom is -0.490 e. The lowest BCUT2D eigenvalue weighted by Crippen LogP contribution is -2.53. The first-order valence-electron chi connectivity index (χ1n) is 8.15. The summed E-state index contributed by atoms with van der Waals surface area (Å²) in [4.78, 5) is 13.8. The van der Waals surface area contributed by atoms with Crippen LogP contribution in [0, 0.1) is 11.3 Å².